The lowest BCUT2D eigenvalue weighted by Crippen LogP contribution is -2.06. The summed E-state index contributed by atoms with van der Waals surface area (Å²) in [7, 11) is 0. The van der Waals surface area contributed by atoms with E-state index in [1.807, 2.05) is 18.2 Å². The summed E-state index contributed by atoms with van der Waals surface area (Å²) in [6.07, 6.45) is 0. The fourth-order valence-electron chi connectivity index (χ4n) is 1.12. The van der Waals surface area contributed by atoms with Gasteiger partial charge in [0.15, 0.2) is 0 Å². The van der Waals surface area contributed by atoms with E-state index in [0.717, 1.165) is 11.1 Å². The Morgan fingerprint density at radius 2 is 2.00 bits per heavy atom. The number of hydrogen-bond acceptors (Lipinski definition) is 3. The molecule has 0 saturated heterocycles. The van der Waals surface area contributed by atoms with E-state index in [1.165, 1.54) is 0 Å². The van der Waals surface area contributed by atoms with Crippen molar-refractivity contribution in [1.29, 1.82) is 0 Å². The zero-order valence-corrected chi connectivity index (χ0v) is 8.69. The van der Waals surface area contributed by atoms with Gasteiger partial charge in [-0.2, -0.15) is 0 Å². The topological polar surface area (TPSA) is 46.5 Å². The van der Waals surface area contributed by atoms with E-state index in [9.17, 15) is 4.79 Å². The van der Waals surface area contributed by atoms with Crippen LogP contribution in [0.4, 0.5) is 0 Å². The smallest absolute Gasteiger partial charge is 0.333 e. The highest BCUT2D eigenvalue weighted by Gasteiger charge is 2.05. The molecule has 0 aliphatic rings. The number of hydrogen-bond donors (Lipinski definition) is 1. The van der Waals surface area contributed by atoms with Crippen molar-refractivity contribution in [3.05, 3.63) is 47.5 Å². The number of aliphatic hydroxyl groups excluding tert-OH is 1. The summed E-state index contributed by atoms with van der Waals surface area (Å²) < 4.78 is 4.98. The van der Waals surface area contributed by atoms with Crippen LogP contribution in [0.3, 0.4) is 0 Å². The second kappa shape index (κ2) is 5.32. The standard InChI is InChI=1S/C12H14O3/c1-9(2)12(14)15-8-11-6-4-3-5-10(11)7-13/h3-6,13H,1,7-8H2,2H3. The Morgan fingerprint density at radius 1 is 1.40 bits per heavy atom. The van der Waals surface area contributed by atoms with Gasteiger partial charge < -0.3 is 9.84 Å². The molecule has 3 heteroatoms. The molecule has 15 heavy (non-hydrogen) atoms. The van der Waals surface area contributed by atoms with Gasteiger partial charge in [0, 0.05) is 5.57 Å². The van der Waals surface area contributed by atoms with Gasteiger partial charge in [-0.05, 0) is 18.1 Å². The van der Waals surface area contributed by atoms with Crippen molar-refractivity contribution in [1.82, 2.24) is 0 Å². The second-order valence-electron chi connectivity index (χ2n) is 3.28. The fourth-order valence-corrected chi connectivity index (χ4v) is 1.12. The zero-order chi connectivity index (χ0) is 11.3. The van der Waals surface area contributed by atoms with Crippen molar-refractivity contribution < 1.29 is 14.6 Å². The number of carbonyl (C=O) groups is 1. The van der Waals surface area contributed by atoms with Gasteiger partial charge in [-0.25, -0.2) is 4.79 Å². The number of aliphatic hydroxyl groups is 1. The molecule has 1 N–H and O–H groups in total. The molecule has 0 fully saturated rings. The highest BCUT2D eigenvalue weighted by Crippen LogP contribution is 2.10. The number of carbonyl (C=O) groups excluding carboxylic acids is 1. The SMILES string of the molecule is C=C(C)C(=O)OCc1ccccc1CO. The van der Waals surface area contributed by atoms with E-state index in [0.29, 0.717) is 5.57 Å². The van der Waals surface area contributed by atoms with E-state index in [-0.39, 0.29) is 13.2 Å². The number of esters is 1. The van der Waals surface area contributed by atoms with Gasteiger partial charge in [0.05, 0.1) is 6.61 Å². The highest BCUT2D eigenvalue weighted by molar-refractivity contribution is 5.86. The molecule has 0 aliphatic carbocycles. The van der Waals surface area contributed by atoms with Gasteiger partial charge in [0.2, 0.25) is 0 Å². The Labute approximate surface area is 89.0 Å². The summed E-state index contributed by atoms with van der Waals surface area (Å²) in [5.41, 5.74) is 1.96. The molecule has 80 valence electrons. The summed E-state index contributed by atoms with van der Waals surface area (Å²) in [6.45, 7) is 5.20. The van der Waals surface area contributed by atoms with Crippen LogP contribution in [-0.2, 0) is 22.7 Å². The normalized spacial score (nSPS) is 9.73. The van der Waals surface area contributed by atoms with Crippen LogP contribution in [0.25, 0.3) is 0 Å². The summed E-state index contributed by atoms with van der Waals surface area (Å²) in [5, 5.41) is 9.03. The van der Waals surface area contributed by atoms with Crippen LogP contribution in [0.1, 0.15) is 18.1 Å². The molecular weight excluding hydrogens is 192 g/mol. The molecule has 1 rings (SSSR count). The Kier molecular flexibility index (Phi) is 4.06. The van der Waals surface area contributed by atoms with Crippen molar-refractivity contribution in [3.8, 4) is 0 Å². The molecule has 0 aliphatic heterocycles. The fraction of sp³-hybridized carbons (Fsp3) is 0.250. The predicted octanol–water partition coefficient (Wildman–Crippen LogP) is 1.80. The van der Waals surface area contributed by atoms with Gasteiger partial charge in [0.1, 0.15) is 6.61 Å². The van der Waals surface area contributed by atoms with E-state index >= 15 is 0 Å². The summed E-state index contributed by atoms with van der Waals surface area (Å²) in [5.74, 6) is -0.414. The maximum absolute atomic E-state index is 11.1. The van der Waals surface area contributed by atoms with Crippen molar-refractivity contribution in [3.63, 3.8) is 0 Å². The molecule has 0 unspecified atom stereocenters. The lowest BCUT2D eigenvalue weighted by molar-refractivity contribution is -0.140. The number of ether oxygens (including phenoxy) is 1. The molecule has 0 bridgehead atoms. The van der Waals surface area contributed by atoms with Gasteiger partial charge >= 0.3 is 5.97 Å². The first-order chi connectivity index (χ1) is 7.15. The Balaban J connectivity index is 2.65. The predicted molar refractivity (Wildman–Crippen MR) is 57.0 cm³/mol. The Morgan fingerprint density at radius 3 is 2.53 bits per heavy atom. The minimum Gasteiger partial charge on any atom is -0.457 e. The Bertz CT molecular complexity index is 369. The van der Waals surface area contributed by atoms with E-state index < -0.39 is 5.97 Å². The third-order valence-corrected chi connectivity index (χ3v) is 2.00. The van der Waals surface area contributed by atoms with Gasteiger partial charge in [-0.15, -0.1) is 0 Å². The van der Waals surface area contributed by atoms with E-state index in [1.54, 1.807) is 13.0 Å². The minimum atomic E-state index is -0.414. The van der Waals surface area contributed by atoms with Crippen LogP contribution in [0.2, 0.25) is 0 Å². The van der Waals surface area contributed by atoms with Gasteiger partial charge in [0.25, 0.3) is 0 Å². The highest BCUT2D eigenvalue weighted by atomic mass is 16.5. The molecule has 1 aromatic carbocycles. The lowest BCUT2D eigenvalue weighted by Gasteiger charge is -2.07. The van der Waals surface area contributed by atoms with Crippen molar-refractivity contribution in [2.75, 3.05) is 0 Å². The van der Waals surface area contributed by atoms with Crippen molar-refractivity contribution >= 4 is 5.97 Å². The van der Waals surface area contributed by atoms with Crippen LogP contribution >= 0.6 is 0 Å². The molecule has 0 spiro atoms. The summed E-state index contributed by atoms with van der Waals surface area (Å²) in [6, 6.07) is 7.28. The maximum Gasteiger partial charge on any atom is 0.333 e. The zero-order valence-electron chi connectivity index (χ0n) is 8.69. The molecule has 0 amide bonds. The average Bonchev–Trinajstić information content (AvgIpc) is 2.26. The summed E-state index contributed by atoms with van der Waals surface area (Å²) in [4.78, 5) is 11.1. The average molecular weight is 206 g/mol. The Hall–Kier alpha value is -1.61. The first kappa shape index (κ1) is 11.5. The molecular formula is C12H14O3. The van der Waals surface area contributed by atoms with Crippen molar-refractivity contribution in [2.24, 2.45) is 0 Å². The van der Waals surface area contributed by atoms with Gasteiger partial charge in [-0.1, -0.05) is 30.8 Å². The summed E-state index contributed by atoms with van der Waals surface area (Å²) >= 11 is 0. The van der Waals surface area contributed by atoms with Crippen LogP contribution in [-0.4, -0.2) is 11.1 Å². The second-order valence-corrected chi connectivity index (χ2v) is 3.28. The van der Waals surface area contributed by atoms with Gasteiger partial charge in [-0.3, -0.25) is 0 Å². The third-order valence-electron chi connectivity index (χ3n) is 2.00. The van der Waals surface area contributed by atoms with Crippen LogP contribution in [0.15, 0.2) is 36.4 Å². The maximum atomic E-state index is 11.1. The first-order valence-corrected chi connectivity index (χ1v) is 4.65. The molecule has 0 aromatic heterocycles. The molecule has 0 radical (unpaired) electrons. The first-order valence-electron chi connectivity index (χ1n) is 4.65. The van der Waals surface area contributed by atoms with Crippen LogP contribution in [0.5, 0.6) is 0 Å². The quantitative estimate of drug-likeness (QED) is 0.603. The van der Waals surface area contributed by atoms with Crippen LogP contribution in [0, 0.1) is 0 Å². The minimum absolute atomic E-state index is 0.0548. The van der Waals surface area contributed by atoms with Crippen LogP contribution < -0.4 is 0 Å². The largest absolute Gasteiger partial charge is 0.457 e. The molecule has 0 saturated carbocycles. The lowest BCUT2D eigenvalue weighted by atomic mass is 10.1. The molecule has 0 heterocycles. The number of rotatable bonds is 4. The monoisotopic (exact) mass is 206 g/mol. The van der Waals surface area contributed by atoms with E-state index in [2.05, 4.69) is 6.58 Å². The molecule has 3 nitrogen and oxygen atoms in total. The molecule has 0 atom stereocenters. The third kappa shape index (κ3) is 3.22. The molecule has 1 aromatic rings. The van der Waals surface area contributed by atoms with E-state index in [4.69, 9.17) is 9.84 Å². The number of benzene rings is 1. The van der Waals surface area contributed by atoms with Crippen molar-refractivity contribution in [2.45, 2.75) is 20.1 Å².